The first-order valence-electron chi connectivity index (χ1n) is 23.1. The summed E-state index contributed by atoms with van der Waals surface area (Å²) in [6.07, 6.45) is 45.3. The van der Waals surface area contributed by atoms with E-state index < -0.39 is 0 Å². The maximum atomic E-state index is 2.80. The lowest BCUT2D eigenvalue weighted by atomic mass is 9.78. The molecule has 2 unspecified atom stereocenters. The van der Waals surface area contributed by atoms with E-state index >= 15 is 0 Å². The smallest absolute Gasteiger partial charge is 0.123 e. The van der Waals surface area contributed by atoms with Crippen molar-refractivity contribution < 1.29 is 0 Å². The van der Waals surface area contributed by atoms with Crippen LogP contribution in [0.3, 0.4) is 0 Å². The molecule has 0 amide bonds. The molecule has 0 aliphatic carbocycles. The highest BCUT2D eigenvalue weighted by atomic mass is 15.4. The summed E-state index contributed by atoms with van der Waals surface area (Å²) >= 11 is 0. The van der Waals surface area contributed by atoms with E-state index in [1.807, 2.05) is 0 Å². The van der Waals surface area contributed by atoms with Gasteiger partial charge in [0.2, 0.25) is 0 Å². The van der Waals surface area contributed by atoms with Gasteiger partial charge in [-0.15, -0.1) is 0 Å². The van der Waals surface area contributed by atoms with Crippen LogP contribution in [0.4, 0.5) is 0 Å². The summed E-state index contributed by atoms with van der Waals surface area (Å²) in [5, 5.41) is 0. The minimum absolute atomic E-state index is 0.0644. The Morgan fingerprint density at radius 1 is 0.404 bits per heavy atom. The summed E-state index contributed by atoms with van der Waals surface area (Å²) in [6, 6.07) is 22.9. The summed E-state index contributed by atoms with van der Waals surface area (Å²) in [5.41, 5.74) is 2.89. The number of rotatable bonds is 34. The second kappa shape index (κ2) is 29.2. The molecule has 2 aromatic rings. The Labute approximate surface area is 324 Å². The number of hydrogen-bond donors (Lipinski definition) is 0. The lowest BCUT2D eigenvalue weighted by Crippen LogP contribution is -2.59. The largest absolute Gasteiger partial charge is 0.353 e. The molecule has 0 bridgehead atoms. The van der Waals surface area contributed by atoms with E-state index in [1.165, 1.54) is 184 Å². The van der Waals surface area contributed by atoms with Crippen molar-refractivity contribution in [3.8, 4) is 0 Å². The third-order valence-electron chi connectivity index (χ3n) is 12.2. The second-order valence-corrected chi connectivity index (χ2v) is 16.4. The molecule has 0 spiro atoms. The average Bonchev–Trinajstić information content (AvgIpc) is 3.50. The highest BCUT2D eigenvalue weighted by molar-refractivity contribution is 5.30. The SMILES string of the molecule is CCCCCCCCCCCCCCCCN1C=CN(CCCCCCCCCCCCCCC)C1(Cc1ccccc1)C(CC)c1ccccc1. The minimum atomic E-state index is -0.0644. The van der Waals surface area contributed by atoms with Gasteiger partial charge in [-0.2, -0.15) is 0 Å². The molecule has 1 aliphatic rings. The topological polar surface area (TPSA) is 6.48 Å². The monoisotopic (exact) mass is 713 g/mol. The van der Waals surface area contributed by atoms with Crippen LogP contribution < -0.4 is 0 Å². The summed E-state index contributed by atoms with van der Waals surface area (Å²) < 4.78 is 0. The molecule has 0 fully saturated rings. The summed E-state index contributed by atoms with van der Waals surface area (Å²) in [7, 11) is 0. The van der Waals surface area contributed by atoms with Crippen LogP contribution in [0.2, 0.25) is 0 Å². The van der Waals surface area contributed by atoms with E-state index in [1.54, 1.807) is 0 Å². The average molecular weight is 713 g/mol. The minimum Gasteiger partial charge on any atom is -0.353 e. The summed E-state index contributed by atoms with van der Waals surface area (Å²) in [4.78, 5) is 5.59. The maximum Gasteiger partial charge on any atom is 0.123 e. The predicted octanol–water partition coefficient (Wildman–Crippen LogP) is 15.8. The van der Waals surface area contributed by atoms with Gasteiger partial charge in [0, 0.05) is 37.8 Å². The fourth-order valence-electron chi connectivity index (χ4n) is 9.03. The molecule has 0 radical (unpaired) electrons. The Morgan fingerprint density at radius 3 is 1.08 bits per heavy atom. The Hall–Kier alpha value is -2.22. The van der Waals surface area contributed by atoms with Gasteiger partial charge in [-0.05, 0) is 30.4 Å². The molecule has 294 valence electrons. The first-order valence-corrected chi connectivity index (χ1v) is 23.1. The molecule has 0 saturated heterocycles. The Bertz CT molecular complexity index is 1100. The van der Waals surface area contributed by atoms with Crippen molar-refractivity contribution in [1.82, 2.24) is 9.80 Å². The van der Waals surface area contributed by atoms with Gasteiger partial charge in [0.1, 0.15) is 5.66 Å². The molecule has 0 saturated carbocycles. The highest BCUT2D eigenvalue weighted by Crippen LogP contribution is 2.45. The molecule has 2 nitrogen and oxygen atoms in total. The molecule has 1 aliphatic heterocycles. The molecule has 3 rings (SSSR count). The zero-order valence-electron chi connectivity index (χ0n) is 34.8. The lowest BCUT2D eigenvalue weighted by molar-refractivity contribution is -0.00378. The standard InChI is InChI=1S/C50H84N2/c1-4-7-9-11-13-15-17-19-21-23-25-27-29-37-43-52-45-44-51(42-36-28-26-24-22-20-18-16-14-12-10-8-5-2)50(52,46-47-38-32-30-33-39-47)49(6-3)48-40-34-31-35-41-48/h30-35,38-41,44-45,49H,4-29,36-37,42-43,46H2,1-3H3. The molecule has 0 N–H and O–H groups in total. The predicted molar refractivity (Wildman–Crippen MR) is 231 cm³/mol. The van der Waals surface area contributed by atoms with Gasteiger partial charge in [-0.25, -0.2) is 0 Å². The second-order valence-electron chi connectivity index (χ2n) is 16.4. The molecule has 52 heavy (non-hydrogen) atoms. The summed E-state index contributed by atoms with van der Waals surface area (Å²) in [6.45, 7) is 9.36. The van der Waals surface area contributed by atoms with E-state index in [9.17, 15) is 0 Å². The van der Waals surface area contributed by atoms with Crippen molar-refractivity contribution in [2.75, 3.05) is 13.1 Å². The van der Waals surface area contributed by atoms with Crippen LogP contribution in [-0.4, -0.2) is 28.6 Å². The van der Waals surface area contributed by atoms with Crippen LogP contribution >= 0.6 is 0 Å². The highest BCUT2D eigenvalue weighted by Gasteiger charge is 2.49. The van der Waals surface area contributed by atoms with Gasteiger partial charge in [0.25, 0.3) is 0 Å². The normalized spacial score (nSPS) is 16.3. The van der Waals surface area contributed by atoms with E-state index in [0.717, 1.165) is 25.9 Å². The zero-order valence-corrected chi connectivity index (χ0v) is 34.8. The van der Waals surface area contributed by atoms with Gasteiger partial charge >= 0.3 is 0 Å². The Morgan fingerprint density at radius 2 is 0.731 bits per heavy atom. The van der Waals surface area contributed by atoms with E-state index in [4.69, 9.17) is 0 Å². The van der Waals surface area contributed by atoms with Crippen molar-refractivity contribution in [2.45, 2.75) is 219 Å². The van der Waals surface area contributed by atoms with Crippen LogP contribution in [0.15, 0.2) is 73.1 Å². The van der Waals surface area contributed by atoms with Crippen molar-refractivity contribution in [1.29, 1.82) is 0 Å². The van der Waals surface area contributed by atoms with Crippen molar-refractivity contribution in [3.63, 3.8) is 0 Å². The molecule has 1 heterocycles. The third-order valence-corrected chi connectivity index (χ3v) is 12.2. The van der Waals surface area contributed by atoms with Crippen LogP contribution in [0, 0.1) is 0 Å². The molecule has 2 heteroatoms. The number of unbranched alkanes of at least 4 members (excludes halogenated alkanes) is 25. The molecular formula is C50H84N2. The van der Waals surface area contributed by atoms with Crippen molar-refractivity contribution in [2.24, 2.45) is 0 Å². The summed E-state index contributed by atoms with van der Waals surface area (Å²) in [5.74, 6) is 0.442. The molecular weight excluding hydrogens is 629 g/mol. The van der Waals surface area contributed by atoms with Crippen LogP contribution in [-0.2, 0) is 6.42 Å². The van der Waals surface area contributed by atoms with Gasteiger partial charge < -0.3 is 9.80 Å². The Balaban J connectivity index is 1.52. The Kier molecular flexibility index (Phi) is 24.8. The fourth-order valence-corrected chi connectivity index (χ4v) is 9.03. The molecule has 2 aromatic carbocycles. The van der Waals surface area contributed by atoms with E-state index in [2.05, 4.69) is 104 Å². The van der Waals surface area contributed by atoms with Crippen LogP contribution in [0.25, 0.3) is 0 Å². The third kappa shape index (κ3) is 16.8. The first kappa shape index (κ1) is 44.2. The number of hydrogen-bond acceptors (Lipinski definition) is 2. The van der Waals surface area contributed by atoms with Crippen LogP contribution in [0.5, 0.6) is 0 Å². The number of benzene rings is 2. The van der Waals surface area contributed by atoms with E-state index in [-0.39, 0.29) is 5.66 Å². The maximum absolute atomic E-state index is 2.80. The quantitative estimate of drug-likeness (QED) is 0.0667. The van der Waals surface area contributed by atoms with Gasteiger partial charge in [0.15, 0.2) is 0 Å². The fraction of sp³-hybridized carbons (Fsp3) is 0.720. The van der Waals surface area contributed by atoms with Crippen LogP contribution in [0.1, 0.15) is 218 Å². The van der Waals surface area contributed by atoms with Gasteiger partial charge in [0.05, 0.1) is 0 Å². The molecule has 0 aromatic heterocycles. The first-order chi connectivity index (χ1) is 25.8. The van der Waals surface area contributed by atoms with Gasteiger partial charge in [-0.3, -0.25) is 0 Å². The number of nitrogens with zero attached hydrogens (tertiary/aromatic N) is 2. The lowest BCUT2D eigenvalue weighted by Gasteiger charge is -2.51. The van der Waals surface area contributed by atoms with Crippen molar-refractivity contribution in [3.05, 3.63) is 84.2 Å². The van der Waals surface area contributed by atoms with E-state index in [0.29, 0.717) is 5.92 Å². The molecule has 2 atom stereocenters. The van der Waals surface area contributed by atoms with Crippen molar-refractivity contribution >= 4 is 0 Å². The zero-order chi connectivity index (χ0) is 36.8. The van der Waals surface area contributed by atoms with Gasteiger partial charge in [-0.1, -0.05) is 242 Å².